The summed E-state index contributed by atoms with van der Waals surface area (Å²) < 4.78 is 16.6. The largest absolute Gasteiger partial charge is 0.493 e. The highest BCUT2D eigenvalue weighted by molar-refractivity contribution is 5.99. The molecule has 7 nitrogen and oxygen atoms in total. The predicted molar refractivity (Wildman–Crippen MR) is 102 cm³/mol. The molecule has 0 unspecified atom stereocenters. The fourth-order valence-electron chi connectivity index (χ4n) is 2.91. The molecule has 3 rings (SSSR count). The van der Waals surface area contributed by atoms with Crippen LogP contribution in [0.15, 0.2) is 42.5 Å². The number of benzene rings is 2. The second-order valence-electron chi connectivity index (χ2n) is 5.99. The molecule has 1 aliphatic heterocycles. The lowest BCUT2D eigenvalue weighted by Gasteiger charge is -2.33. The average Bonchev–Trinajstić information content (AvgIpc) is 2.68. The number of carbonyl (C=O) groups is 2. The fourth-order valence-corrected chi connectivity index (χ4v) is 2.91. The molecule has 0 spiro atoms. The van der Waals surface area contributed by atoms with Crippen LogP contribution in [-0.2, 0) is 9.59 Å². The van der Waals surface area contributed by atoms with Crippen molar-refractivity contribution in [1.82, 2.24) is 0 Å². The van der Waals surface area contributed by atoms with E-state index >= 15 is 0 Å². The third-order valence-electron chi connectivity index (χ3n) is 4.18. The summed E-state index contributed by atoms with van der Waals surface area (Å²) in [5.41, 5.74) is 1.22. The van der Waals surface area contributed by atoms with Gasteiger partial charge >= 0.3 is 0 Å². The summed E-state index contributed by atoms with van der Waals surface area (Å²) in [5, 5.41) is 2.81. The van der Waals surface area contributed by atoms with Crippen molar-refractivity contribution in [3.8, 4) is 17.2 Å². The third kappa shape index (κ3) is 3.97. The first kappa shape index (κ1) is 18.6. The molecule has 1 heterocycles. The van der Waals surface area contributed by atoms with Gasteiger partial charge in [0.15, 0.2) is 17.6 Å². The number of rotatable bonds is 5. The van der Waals surface area contributed by atoms with E-state index in [1.807, 2.05) is 13.0 Å². The van der Waals surface area contributed by atoms with E-state index in [1.165, 1.54) is 14.0 Å². The molecular weight excluding hydrogens is 348 g/mol. The van der Waals surface area contributed by atoms with Gasteiger partial charge in [0.05, 0.1) is 25.9 Å². The first-order valence-electron chi connectivity index (χ1n) is 8.69. The standard InChI is InChI=1S/C20H22N2O5/c1-4-26-17-10-9-14(11-18(17)25-3)21-20(24)19-12-22(13(2)23)15-7-5-6-8-16(15)27-19/h5-11,19H,4,12H2,1-3H3,(H,21,24)/t19-/m1/s1. The Morgan fingerprint density at radius 3 is 2.70 bits per heavy atom. The molecule has 1 aliphatic rings. The summed E-state index contributed by atoms with van der Waals surface area (Å²) in [7, 11) is 1.54. The first-order valence-corrected chi connectivity index (χ1v) is 8.69. The molecule has 0 aromatic heterocycles. The molecule has 142 valence electrons. The van der Waals surface area contributed by atoms with Gasteiger partial charge in [-0.15, -0.1) is 0 Å². The van der Waals surface area contributed by atoms with Gasteiger partial charge in [-0.3, -0.25) is 9.59 Å². The minimum atomic E-state index is -0.818. The Morgan fingerprint density at radius 2 is 2.00 bits per heavy atom. The van der Waals surface area contributed by atoms with Gasteiger partial charge in [0.25, 0.3) is 5.91 Å². The van der Waals surface area contributed by atoms with Gasteiger partial charge < -0.3 is 24.4 Å². The van der Waals surface area contributed by atoms with Crippen LogP contribution in [0.3, 0.4) is 0 Å². The fraction of sp³-hybridized carbons (Fsp3) is 0.300. The number of anilines is 2. The number of fused-ring (bicyclic) bond motifs is 1. The van der Waals surface area contributed by atoms with Crippen molar-refractivity contribution in [3.05, 3.63) is 42.5 Å². The number of carbonyl (C=O) groups excluding carboxylic acids is 2. The van der Waals surface area contributed by atoms with Gasteiger partial charge in [-0.2, -0.15) is 0 Å². The van der Waals surface area contributed by atoms with Crippen LogP contribution in [0.25, 0.3) is 0 Å². The van der Waals surface area contributed by atoms with Gasteiger partial charge in [-0.25, -0.2) is 0 Å². The zero-order valence-electron chi connectivity index (χ0n) is 15.5. The maximum absolute atomic E-state index is 12.7. The van der Waals surface area contributed by atoms with E-state index in [-0.39, 0.29) is 18.4 Å². The highest BCUT2D eigenvalue weighted by atomic mass is 16.5. The van der Waals surface area contributed by atoms with Crippen LogP contribution >= 0.6 is 0 Å². The van der Waals surface area contributed by atoms with E-state index in [2.05, 4.69) is 5.32 Å². The lowest BCUT2D eigenvalue weighted by Crippen LogP contribution is -2.48. The summed E-state index contributed by atoms with van der Waals surface area (Å²) in [6.45, 7) is 4.01. The average molecular weight is 370 g/mol. The number of nitrogens with zero attached hydrogens (tertiary/aromatic N) is 1. The number of para-hydroxylation sites is 2. The maximum Gasteiger partial charge on any atom is 0.267 e. The van der Waals surface area contributed by atoms with Crippen LogP contribution < -0.4 is 24.4 Å². The van der Waals surface area contributed by atoms with Gasteiger partial charge in [-0.1, -0.05) is 12.1 Å². The monoisotopic (exact) mass is 370 g/mol. The third-order valence-corrected chi connectivity index (χ3v) is 4.18. The van der Waals surface area contributed by atoms with Crippen molar-refractivity contribution in [2.75, 3.05) is 30.5 Å². The number of amides is 2. The van der Waals surface area contributed by atoms with Gasteiger partial charge in [-0.05, 0) is 31.2 Å². The highest BCUT2D eigenvalue weighted by Crippen LogP contribution is 2.34. The molecule has 27 heavy (non-hydrogen) atoms. The van der Waals surface area contributed by atoms with Crippen LogP contribution in [0.2, 0.25) is 0 Å². The lowest BCUT2D eigenvalue weighted by molar-refractivity contribution is -0.123. The van der Waals surface area contributed by atoms with E-state index in [0.29, 0.717) is 35.2 Å². The van der Waals surface area contributed by atoms with Crippen LogP contribution in [-0.4, -0.2) is 38.2 Å². The highest BCUT2D eigenvalue weighted by Gasteiger charge is 2.32. The molecule has 0 saturated carbocycles. The molecule has 2 aromatic carbocycles. The lowest BCUT2D eigenvalue weighted by atomic mass is 10.1. The van der Waals surface area contributed by atoms with Crippen LogP contribution in [0.5, 0.6) is 17.2 Å². The number of methoxy groups -OCH3 is 1. The summed E-state index contributed by atoms with van der Waals surface area (Å²) >= 11 is 0. The van der Waals surface area contributed by atoms with Crippen LogP contribution in [0.4, 0.5) is 11.4 Å². The molecule has 0 saturated heterocycles. The molecular formula is C20H22N2O5. The van der Waals surface area contributed by atoms with E-state index in [1.54, 1.807) is 41.3 Å². The van der Waals surface area contributed by atoms with E-state index < -0.39 is 6.10 Å². The minimum Gasteiger partial charge on any atom is -0.493 e. The maximum atomic E-state index is 12.7. The summed E-state index contributed by atoms with van der Waals surface area (Å²) in [6.07, 6.45) is -0.818. The predicted octanol–water partition coefficient (Wildman–Crippen LogP) is 2.85. The number of hydrogen-bond donors (Lipinski definition) is 1. The van der Waals surface area contributed by atoms with Crippen molar-refractivity contribution in [3.63, 3.8) is 0 Å². The summed E-state index contributed by atoms with van der Waals surface area (Å²) in [4.78, 5) is 26.2. The molecule has 1 atom stereocenters. The molecule has 2 aromatic rings. The Hall–Kier alpha value is -3.22. The number of nitrogens with one attached hydrogen (secondary N) is 1. The summed E-state index contributed by atoms with van der Waals surface area (Å²) in [6, 6.07) is 12.3. The van der Waals surface area contributed by atoms with Gasteiger partial charge in [0, 0.05) is 18.7 Å². The van der Waals surface area contributed by atoms with Crippen molar-refractivity contribution in [2.24, 2.45) is 0 Å². The molecule has 2 amide bonds. The SMILES string of the molecule is CCOc1ccc(NC(=O)[C@H]2CN(C(C)=O)c3ccccc3O2)cc1OC. The van der Waals surface area contributed by atoms with Crippen LogP contribution in [0, 0.1) is 0 Å². The van der Waals surface area contributed by atoms with Gasteiger partial charge in [0.2, 0.25) is 5.91 Å². The van der Waals surface area contributed by atoms with Crippen molar-refractivity contribution in [1.29, 1.82) is 0 Å². The Kier molecular flexibility index (Phi) is 5.49. The van der Waals surface area contributed by atoms with Crippen molar-refractivity contribution in [2.45, 2.75) is 20.0 Å². The van der Waals surface area contributed by atoms with Crippen molar-refractivity contribution < 1.29 is 23.8 Å². The van der Waals surface area contributed by atoms with Gasteiger partial charge in [0.1, 0.15) is 5.75 Å². The second kappa shape index (κ2) is 7.99. The van der Waals surface area contributed by atoms with E-state index in [0.717, 1.165) is 0 Å². The van der Waals surface area contributed by atoms with E-state index in [9.17, 15) is 9.59 Å². The normalized spacial score (nSPS) is 15.4. The second-order valence-corrected chi connectivity index (χ2v) is 5.99. The first-order chi connectivity index (χ1) is 13.0. The van der Waals surface area contributed by atoms with Crippen LogP contribution in [0.1, 0.15) is 13.8 Å². The summed E-state index contributed by atoms with van der Waals surface area (Å²) in [5.74, 6) is 1.13. The number of ether oxygens (including phenoxy) is 3. The smallest absolute Gasteiger partial charge is 0.267 e. The molecule has 0 fully saturated rings. The number of hydrogen-bond acceptors (Lipinski definition) is 5. The Balaban J connectivity index is 1.78. The molecule has 0 aliphatic carbocycles. The minimum absolute atomic E-state index is 0.145. The molecule has 0 bridgehead atoms. The topological polar surface area (TPSA) is 77.1 Å². The Labute approximate surface area is 157 Å². The zero-order chi connectivity index (χ0) is 19.4. The molecule has 1 N–H and O–H groups in total. The quantitative estimate of drug-likeness (QED) is 0.876. The zero-order valence-corrected chi connectivity index (χ0v) is 15.5. The van der Waals surface area contributed by atoms with Crippen molar-refractivity contribution >= 4 is 23.2 Å². The Bertz CT molecular complexity index is 852. The van der Waals surface area contributed by atoms with E-state index in [4.69, 9.17) is 14.2 Å². The Morgan fingerprint density at radius 1 is 1.22 bits per heavy atom. The molecule has 7 heteroatoms. The molecule has 0 radical (unpaired) electrons.